The molecular formula is C19H24N4O4. The summed E-state index contributed by atoms with van der Waals surface area (Å²) in [5.74, 6) is -0.423. The van der Waals surface area contributed by atoms with Crippen LogP contribution in [0.5, 0.6) is 0 Å². The second-order valence-corrected chi connectivity index (χ2v) is 6.89. The van der Waals surface area contributed by atoms with Gasteiger partial charge >= 0.3 is 5.69 Å². The molecule has 144 valence electrons. The fraction of sp³-hybridized carbons (Fsp3) is 0.421. The average molecular weight is 372 g/mol. The van der Waals surface area contributed by atoms with E-state index in [2.05, 4.69) is 4.90 Å². The summed E-state index contributed by atoms with van der Waals surface area (Å²) in [6.45, 7) is 2.30. The Kier molecular flexibility index (Phi) is 5.57. The molecule has 0 saturated carbocycles. The number of aliphatic hydroxyl groups is 1. The van der Waals surface area contributed by atoms with Gasteiger partial charge < -0.3 is 10.0 Å². The molecule has 3 rings (SSSR count). The predicted octanol–water partition coefficient (Wildman–Crippen LogP) is -0.597. The van der Waals surface area contributed by atoms with E-state index in [0.717, 1.165) is 10.1 Å². The SMILES string of the molecule is Cn1c(C(=O)N2CCN(Cc3ccccc3)C[C@@H](O)C2)cc(=O)n(C)c1=O. The molecule has 0 unspecified atom stereocenters. The van der Waals surface area contributed by atoms with Gasteiger partial charge in [-0.3, -0.25) is 23.6 Å². The number of benzene rings is 1. The minimum atomic E-state index is -0.705. The van der Waals surface area contributed by atoms with Crippen molar-refractivity contribution in [2.24, 2.45) is 14.1 Å². The Morgan fingerprint density at radius 3 is 2.48 bits per heavy atom. The molecule has 1 aromatic heterocycles. The van der Waals surface area contributed by atoms with E-state index in [1.54, 1.807) is 0 Å². The lowest BCUT2D eigenvalue weighted by Crippen LogP contribution is -2.44. The molecule has 1 aliphatic heterocycles. The Bertz CT molecular complexity index is 935. The molecular weight excluding hydrogens is 348 g/mol. The number of aromatic nitrogens is 2. The number of carbonyl (C=O) groups excluding carboxylic acids is 1. The van der Waals surface area contributed by atoms with Crippen LogP contribution in [-0.2, 0) is 20.6 Å². The summed E-state index contributed by atoms with van der Waals surface area (Å²) in [5.41, 5.74) is 0.0969. The van der Waals surface area contributed by atoms with E-state index in [1.807, 2.05) is 30.3 Å². The molecule has 27 heavy (non-hydrogen) atoms. The molecule has 1 fully saturated rings. The lowest BCUT2D eigenvalue weighted by molar-refractivity contribution is 0.0652. The molecule has 1 saturated heterocycles. The number of β-amino-alcohol motifs (C(OH)–C–C–N with tert-alkyl or cyclic N) is 1. The zero-order valence-corrected chi connectivity index (χ0v) is 15.5. The van der Waals surface area contributed by atoms with Gasteiger partial charge in [-0.2, -0.15) is 0 Å². The monoisotopic (exact) mass is 372 g/mol. The van der Waals surface area contributed by atoms with Gasteiger partial charge in [-0.15, -0.1) is 0 Å². The van der Waals surface area contributed by atoms with Crippen LogP contribution in [0.1, 0.15) is 16.1 Å². The number of carbonyl (C=O) groups is 1. The van der Waals surface area contributed by atoms with E-state index in [-0.39, 0.29) is 12.2 Å². The standard InChI is InChI=1S/C19H24N4O4/c1-20-16(10-17(25)21(2)19(20)27)18(26)23-9-8-22(12-15(24)13-23)11-14-6-4-3-5-7-14/h3-7,10,15,24H,8-9,11-13H2,1-2H3/t15-/m1/s1. The molecule has 1 aliphatic rings. The van der Waals surface area contributed by atoms with Crippen molar-refractivity contribution in [3.63, 3.8) is 0 Å². The average Bonchev–Trinajstić information content (AvgIpc) is 2.84. The van der Waals surface area contributed by atoms with Gasteiger partial charge in [0.15, 0.2) is 0 Å². The molecule has 1 amide bonds. The zero-order valence-electron chi connectivity index (χ0n) is 15.5. The van der Waals surface area contributed by atoms with Crippen molar-refractivity contribution in [2.45, 2.75) is 12.6 Å². The first kappa shape index (κ1) is 19.1. The smallest absolute Gasteiger partial charge is 0.331 e. The van der Waals surface area contributed by atoms with Gasteiger partial charge in [0.05, 0.1) is 6.10 Å². The van der Waals surface area contributed by atoms with Gasteiger partial charge in [0, 0.05) is 52.9 Å². The summed E-state index contributed by atoms with van der Waals surface area (Å²) in [6, 6.07) is 11.1. The third-order valence-electron chi connectivity index (χ3n) is 4.87. The Hall–Kier alpha value is -2.71. The highest BCUT2D eigenvalue weighted by molar-refractivity contribution is 5.92. The largest absolute Gasteiger partial charge is 0.390 e. The maximum Gasteiger partial charge on any atom is 0.331 e. The molecule has 0 aliphatic carbocycles. The number of aliphatic hydroxyl groups excluding tert-OH is 1. The topological polar surface area (TPSA) is 87.8 Å². The normalized spacial score (nSPS) is 18.3. The van der Waals surface area contributed by atoms with E-state index < -0.39 is 23.3 Å². The van der Waals surface area contributed by atoms with E-state index in [4.69, 9.17) is 0 Å². The van der Waals surface area contributed by atoms with Gasteiger partial charge in [-0.25, -0.2) is 4.79 Å². The van der Waals surface area contributed by atoms with E-state index in [0.29, 0.717) is 26.2 Å². The quantitative estimate of drug-likeness (QED) is 0.778. The van der Waals surface area contributed by atoms with Gasteiger partial charge in [-0.05, 0) is 5.56 Å². The lowest BCUT2D eigenvalue weighted by Gasteiger charge is -2.23. The number of rotatable bonds is 3. The maximum absolute atomic E-state index is 12.9. The van der Waals surface area contributed by atoms with E-state index >= 15 is 0 Å². The fourth-order valence-electron chi connectivity index (χ4n) is 3.32. The lowest BCUT2D eigenvalue weighted by atomic mass is 10.2. The molecule has 1 N–H and O–H groups in total. The Morgan fingerprint density at radius 1 is 1.07 bits per heavy atom. The number of hydrogen-bond donors (Lipinski definition) is 1. The number of amides is 1. The number of hydrogen-bond acceptors (Lipinski definition) is 5. The van der Waals surface area contributed by atoms with Crippen LogP contribution in [0.4, 0.5) is 0 Å². The van der Waals surface area contributed by atoms with Crippen molar-refractivity contribution in [3.8, 4) is 0 Å². The predicted molar refractivity (Wildman–Crippen MR) is 101 cm³/mol. The van der Waals surface area contributed by atoms with Crippen LogP contribution in [0.15, 0.2) is 46.0 Å². The van der Waals surface area contributed by atoms with Crippen molar-refractivity contribution in [2.75, 3.05) is 26.2 Å². The first-order valence-electron chi connectivity index (χ1n) is 8.87. The van der Waals surface area contributed by atoms with Crippen LogP contribution >= 0.6 is 0 Å². The van der Waals surface area contributed by atoms with Gasteiger partial charge in [0.2, 0.25) is 0 Å². The Balaban J connectivity index is 1.77. The van der Waals surface area contributed by atoms with Gasteiger partial charge in [-0.1, -0.05) is 30.3 Å². The molecule has 2 aromatic rings. The van der Waals surface area contributed by atoms with Crippen molar-refractivity contribution >= 4 is 5.91 Å². The first-order valence-corrected chi connectivity index (χ1v) is 8.87. The van der Waals surface area contributed by atoms with Crippen molar-refractivity contribution in [1.82, 2.24) is 18.9 Å². The second-order valence-electron chi connectivity index (χ2n) is 6.89. The van der Waals surface area contributed by atoms with Crippen molar-refractivity contribution < 1.29 is 9.90 Å². The zero-order chi connectivity index (χ0) is 19.6. The fourth-order valence-corrected chi connectivity index (χ4v) is 3.32. The van der Waals surface area contributed by atoms with Crippen molar-refractivity contribution in [3.05, 3.63) is 68.5 Å². The Labute approximate surface area is 156 Å². The molecule has 0 spiro atoms. The molecule has 1 aromatic carbocycles. The van der Waals surface area contributed by atoms with Gasteiger partial charge in [0.1, 0.15) is 5.69 Å². The van der Waals surface area contributed by atoms with E-state index in [1.165, 1.54) is 29.6 Å². The third kappa shape index (κ3) is 4.17. The highest BCUT2D eigenvalue weighted by atomic mass is 16.3. The van der Waals surface area contributed by atoms with Gasteiger partial charge in [0.25, 0.3) is 11.5 Å². The molecule has 2 heterocycles. The van der Waals surface area contributed by atoms with Crippen LogP contribution in [0.25, 0.3) is 0 Å². The molecule has 1 atom stereocenters. The van der Waals surface area contributed by atoms with Crippen LogP contribution in [0.3, 0.4) is 0 Å². The summed E-state index contributed by atoms with van der Waals surface area (Å²) < 4.78 is 2.12. The molecule has 8 heteroatoms. The third-order valence-corrected chi connectivity index (χ3v) is 4.87. The maximum atomic E-state index is 12.9. The number of nitrogens with zero attached hydrogens (tertiary/aromatic N) is 4. The van der Waals surface area contributed by atoms with Crippen molar-refractivity contribution in [1.29, 1.82) is 0 Å². The summed E-state index contributed by atoms with van der Waals surface area (Å²) in [4.78, 5) is 40.5. The highest BCUT2D eigenvalue weighted by Gasteiger charge is 2.27. The summed E-state index contributed by atoms with van der Waals surface area (Å²) in [7, 11) is 2.83. The minimum Gasteiger partial charge on any atom is -0.390 e. The summed E-state index contributed by atoms with van der Waals surface area (Å²) >= 11 is 0. The molecule has 0 radical (unpaired) electrons. The molecule has 0 bridgehead atoms. The highest BCUT2D eigenvalue weighted by Crippen LogP contribution is 2.11. The summed E-state index contributed by atoms with van der Waals surface area (Å²) in [5, 5.41) is 10.4. The Morgan fingerprint density at radius 2 is 1.78 bits per heavy atom. The summed E-state index contributed by atoms with van der Waals surface area (Å²) in [6.07, 6.45) is -0.705. The van der Waals surface area contributed by atoms with Crippen LogP contribution in [-0.4, -0.2) is 62.2 Å². The van der Waals surface area contributed by atoms with Crippen LogP contribution in [0, 0.1) is 0 Å². The van der Waals surface area contributed by atoms with Crippen LogP contribution in [0.2, 0.25) is 0 Å². The van der Waals surface area contributed by atoms with Crippen LogP contribution < -0.4 is 11.2 Å². The second kappa shape index (κ2) is 7.89. The van der Waals surface area contributed by atoms with E-state index in [9.17, 15) is 19.5 Å². The minimum absolute atomic E-state index is 0.0341. The molecule has 8 nitrogen and oxygen atoms in total. The first-order chi connectivity index (χ1) is 12.9.